The van der Waals surface area contributed by atoms with E-state index in [1.165, 1.54) is 9.75 Å². The molecule has 6 heteroatoms. The Bertz CT molecular complexity index is 554. The molecule has 0 aliphatic heterocycles. The summed E-state index contributed by atoms with van der Waals surface area (Å²) in [6.07, 6.45) is 0.910. The SMILES string of the molecule is CCN(CC(=O)NCCc1cccs1)Cc1ccc(Br)s1. The van der Waals surface area contributed by atoms with Crippen LogP contribution in [0.25, 0.3) is 0 Å². The Morgan fingerprint density at radius 1 is 1.33 bits per heavy atom. The van der Waals surface area contributed by atoms with Crippen LogP contribution in [0.15, 0.2) is 33.4 Å². The fourth-order valence-electron chi connectivity index (χ4n) is 1.98. The molecule has 3 nitrogen and oxygen atoms in total. The molecule has 2 heterocycles. The summed E-state index contributed by atoms with van der Waals surface area (Å²) in [7, 11) is 0. The number of likely N-dealkylation sites (N-methyl/N-ethyl adjacent to an activating group) is 1. The Balaban J connectivity index is 1.71. The van der Waals surface area contributed by atoms with E-state index in [0.29, 0.717) is 13.1 Å². The number of rotatable bonds is 8. The molecule has 0 saturated carbocycles. The van der Waals surface area contributed by atoms with E-state index in [4.69, 9.17) is 0 Å². The third kappa shape index (κ3) is 5.90. The lowest BCUT2D eigenvalue weighted by molar-refractivity contribution is -0.122. The molecular formula is C15H19BrN2OS2. The van der Waals surface area contributed by atoms with Gasteiger partial charge in [0.15, 0.2) is 0 Å². The number of hydrogen-bond acceptors (Lipinski definition) is 4. The van der Waals surface area contributed by atoms with Crippen molar-refractivity contribution in [3.63, 3.8) is 0 Å². The van der Waals surface area contributed by atoms with Crippen molar-refractivity contribution < 1.29 is 4.79 Å². The first-order valence-electron chi connectivity index (χ1n) is 6.93. The fourth-order valence-corrected chi connectivity index (χ4v) is 4.21. The van der Waals surface area contributed by atoms with Crippen molar-refractivity contribution in [2.45, 2.75) is 19.9 Å². The van der Waals surface area contributed by atoms with Gasteiger partial charge in [0, 0.05) is 22.8 Å². The topological polar surface area (TPSA) is 32.3 Å². The number of carbonyl (C=O) groups excluding carboxylic acids is 1. The van der Waals surface area contributed by atoms with Crippen molar-refractivity contribution in [1.82, 2.24) is 10.2 Å². The van der Waals surface area contributed by atoms with Crippen molar-refractivity contribution in [3.8, 4) is 0 Å². The van der Waals surface area contributed by atoms with Gasteiger partial charge in [0.1, 0.15) is 0 Å². The maximum atomic E-state index is 12.0. The van der Waals surface area contributed by atoms with E-state index in [9.17, 15) is 4.79 Å². The molecule has 0 fully saturated rings. The van der Waals surface area contributed by atoms with Crippen molar-refractivity contribution >= 4 is 44.5 Å². The maximum Gasteiger partial charge on any atom is 0.234 e. The molecule has 2 aromatic heterocycles. The third-order valence-corrected chi connectivity index (χ3v) is 5.64. The van der Waals surface area contributed by atoms with Gasteiger partial charge in [-0.3, -0.25) is 9.69 Å². The zero-order valence-corrected chi connectivity index (χ0v) is 15.2. The predicted molar refractivity (Wildman–Crippen MR) is 94.0 cm³/mol. The Labute approximate surface area is 142 Å². The molecule has 0 aliphatic rings. The van der Waals surface area contributed by atoms with Crippen LogP contribution in [0.5, 0.6) is 0 Å². The van der Waals surface area contributed by atoms with Gasteiger partial charge >= 0.3 is 0 Å². The Morgan fingerprint density at radius 2 is 2.19 bits per heavy atom. The number of amides is 1. The van der Waals surface area contributed by atoms with Gasteiger partial charge in [-0.15, -0.1) is 22.7 Å². The molecule has 0 spiro atoms. The molecule has 114 valence electrons. The van der Waals surface area contributed by atoms with Crippen LogP contribution in [0, 0.1) is 0 Å². The average Bonchev–Trinajstić information content (AvgIpc) is 3.10. The molecule has 1 N–H and O–H groups in total. The molecule has 21 heavy (non-hydrogen) atoms. The van der Waals surface area contributed by atoms with Gasteiger partial charge in [-0.2, -0.15) is 0 Å². The van der Waals surface area contributed by atoms with Gasteiger partial charge in [-0.05, 0) is 52.5 Å². The highest BCUT2D eigenvalue weighted by molar-refractivity contribution is 9.11. The largest absolute Gasteiger partial charge is 0.355 e. The fraction of sp³-hybridized carbons (Fsp3) is 0.400. The molecule has 0 radical (unpaired) electrons. The summed E-state index contributed by atoms with van der Waals surface area (Å²) < 4.78 is 1.13. The van der Waals surface area contributed by atoms with Gasteiger partial charge in [-0.1, -0.05) is 13.0 Å². The number of halogens is 1. The summed E-state index contributed by atoms with van der Waals surface area (Å²) in [6, 6.07) is 8.30. The summed E-state index contributed by atoms with van der Waals surface area (Å²) in [6.45, 7) is 4.94. The zero-order chi connectivity index (χ0) is 15.1. The van der Waals surface area contributed by atoms with Crippen LogP contribution in [0.1, 0.15) is 16.7 Å². The zero-order valence-electron chi connectivity index (χ0n) is 12.0. The van der Waals surface area contributed by atoms with Crippen molar-refractivity contribution in [2.24, 2.45) is 0 Å². The molecule has 0 atom stereocenters. The molecule has 0 bridgehead atoms. The maximum absolute atomic E-state index is 12.0. The molecular weight excluding hydrogens is 368 g/mol. The van der Waals surface area contributed by atoms with E-state index in [2.05, 4.69) is 56.6 Å². The minimum Gasteiger partial charge on any atom is -0.355 e. The van der Waals surface area contributed by atoms with Gasteiger partial charge in [0.05, 0.1) is 10.3 Å². The van der Waals surface area contributed by atoms with Gasteiger partial charge in [-0.25, -0.2) is 0 Å². The highest BCUT2D eigenvalue weighted by Gasteiger charge is 2.10. The summed E-state index contributed by atoms with van der Waals surface area (Å²) in [5, 5.41) is 5.06. The van der Waals surface area contributed by atoms with Gasteiger partial charge in [0.2, 0.25) is 5.91 Å². The first kappa shape index (κ1) is 16.7. The van der Waals surface area contributed by atoms with Crippen molar-refractivity contribution in [2.75, 3.05) is 19.6 Å². The third-order valence-electron chi connectivity index (χ3n) is 3.10. The Hall–Kier alpha value is -0.690. The predicted octanol–water partition coefficient (Wildman–Crippen LogP) is 3.75. The molecule has 2 aromatic rings. The lowest BCUT2D eigenvalue weighted by Gasteiger charge is -2.18. The highest BCUT2D eigenvalue weighted by atomic mass is 79.9. The quantitative estimate of drug-likeness (QED) is 0.748. The van der Waals surface area contributed by atoms with Crippen LogP contribution in [0.2, 0.25) is 0 Å². The lowest BCUT2D eigenvalue weighted by Crippen LogP contribution is -2.37. The molecule has 0 saturated heterocycles. The van der Waals surface area contributed by atoms with Crippen molar-refractivity contribution in [1.29, 1.82) is 0 Å². The lowest BCUT2D eigenvalue weighted by atomic mass is 10.3. The molecule has 1 amide bonds. The van der Waals surface area contributed by atoms with E-state index < -0.39 is 0 Å². The van der Waals surface area contributed by atoms with Gasteiger partial charge < -0.3 is 5.32 Å². The van der Waals surface area contributed by atoms with Crippen LogP contribution in [-0.4, -0.2) is 30.4 Å². The summed E-state index contributed by atoms with van der Waals surface area (Å²) >= 11 is 6.92. The normalized spacial score (nSPS) is 11.0. The second-order valence-corrected chi connectivity index (χ2v) is 8.27. The van der Waals surface area contributed by atoms with Crippen LogP contribution >= 0.6 is 38.6 Å². The van der Waals surface area contributed by atoms with E-state index in [0.717, 1.165) is 23.3 Å². The summed E-state index contributed by atoms with van der Waals surface area (Å²) in [5.41, 5.74) is 0. The molecule has 0 unspecified atom stereocenters. The monoisotopic (exact) mass is 386 g/mol. The number of thiophene rings is 2. The van der Waals surface area contributed by atoms with Crippen molar-refractivity contribution in [3.05, 3.63) is 43.2 Å². The second kappa shape index (κ2) is 8.68. The van der Waals surface area contributed by atoms with E-state index in [1.54, 1.807) is 22.7 Å². The minimum absolute atomic E-state index is 0.101. The summed E-state index contributed by atoms with van der Waals surface area (Å²) in [5.74, 6) is 0.101. The van der Waals surface area contributed by atoms with E-state index >= 15 is 0 Å². The number of nitrogens with one attached hydrogen (secondary N) is 1. The highest BCUT2D eigenvalue weighted by Crippen LogP contribution is 2.23. The van der Waals surface area contributed by atoms with Gasteiger partial charge in [0.25, 0.3) is 0 Å². The average molecular weight is 387 g/mol. The first-order valence-corrected chi connectivity index (χ1v) is 9.42. The van der Waals surface area contributed by atoms with Crippen LogP contribution in [0.4, 0.5) is 0 Å². The summed E-state index contributed by atoms with van der Waals surface area (Å²) in [4.78, 5) is 16.7. The second-order valence-electron chi connectivity index (χ2n) is 4.69. The smallest absolute Gasteiger partial charge is 0.234 e. The Morgan fingerprint density at radius 3 is 2.81 bits per heavy atom. The number of hydrogen-bond donors (Lipinski definition) is 1. The molecule has 0 aliphatic carbocycles. The standard InChI is InChI=1S/C15H19BrN2OS2/c1-2-18(10-13-5-6-14(16)21-13)11-15(19)17-8-7-12-4-3-9-20-12/h3-6,9H,2,7-8,10-11H2,1H3,(H,17,19). The van der Waals surface area contributed by atoms with E-state index in [1.807, 2.05) is 6.07 Å². The molecule has 0 aromatic carbocycles. The molecule has 2 rings (SSSR count). The van der Waals surface area contributed by atoms with Crippen LogP contribution < -0.4 is 5.32 Å². The minimum atomic E-state index is 0.101. The van der Waals surface area contributed by atoms with Crippen LogP contribution in [-0.2, 0) is 17.8 Å². The Kier molecular flexibility index (Phi) is 6.89. The number of carbonyl (C=O) groups is 1. The number of nitrogens with zero attached hydrogens (tertiary/aromatic N) is 1. The first-order chi connectivity index (χ1) is 10.2. The van der Waals surface area contributed by atoms with E-state index in [-0.39, 0.29) is 5.91 Å². The van der Waals surface area contributed by atoms with Crippen LogP contribution in [0.3, 0.4) is 0 Å².